The van der Waals surface area contributed by atoms with Crippen LogP contribution in [0.5, 0.6) is 5.88 Å². The number of halogens is 2. The van der Waals surface area contributed by atoms with Crippen molar-refractivity contribution in [3.05, 3.63) is 49.9 Å². The summed E-state index contributed by atoms with van der Waals surface area (Å²) in [6, 6.07) is 3.77. The molecule has 0 aromatic carbocycles. The number of aromatic nitrogens is 2. The van der Waals surface area contributed by atoms with E-state index in [0.29, 0.717) is 10.2 Å². The summed E-state index contributed by atoms with van der Waals surface area (Å²) in [5.74, 6) is -0.973. The Balaban J connectivity index is 2.30. The van der Waals surface area contributed by atoms with Gasteiger partial charge in [-0.2, -0.15) is 0 Å². The molecule has 0 aliphatic heterocycles. The number of pyridine rings is 2. The van der Waals surface area contributed by atoms with Crippen LogP contribution in [0, 0.1) is 0 Å². The molecule has 2 rings (SSSR count). The molecule has 0 aliphatic carbocycles. The first kappa shape index (κ1) is 13.6. The Morgan fingerprint density at radius 1 is 1.42 bits per heavy atom. The molecule has 19 heavy (non-hydrogen) atoms. The van der Waals surface area contributed by atoms with Gasteiger partial charge in [0, 0.05) is 22.8 Å². The summed E-state index contributed by atoms with van der Waals surface area (Å²) >= 11 is 9.02. The van der Waals surface area contributed by atoms with Gasteiger partial charge in [-0.15, -0.1) is 0 Å². The lowest BCUT2D eigenvalue weighted by Gasteiger charge is -2.07. The van der Waals surface area contributed by atoms with E-state index in [1.165, 1.54) is 6.20 Å². The molecule has 0 aliphatic rings. The summed E-state index contributed by atoms with van der Waals surface area (Å²) < 4.78 is 0.640. The number of rotatable bonds is 2. The number of amides is 1. The molecule has 2 heterocycles. The minimum Gasteiger partial charge on any atom is -0.494 e. The van der Waals surface area contributed by atoms with Crippen LogP contribution in [0.15, 0.2) is 33.7 Å². The fourth-order valence-electron chi connectivity index (χ4n) is 1.36. The Morgan fingerprint density at radius 3 is 2.84 bits per heavy atom. The third-order valence-electron chi connectivity index (χ3n) is 2.15. The Labute approximate surface area is 120 Å². The molecule has 0 spiro atoms. The molecule has 0 saturated heterocycles. The van der Waals surface area contributed by atoms with Gasteiger partial charge >= 0.3 is 0 Å². The molecule has 0 fully saturated rings. The number of hydrogen-bond acceptors (Lipinski definition) is 4. The average Bonchev–Trinajstić information content (AvgIpc) is 2.32. The first-order valence-corrected chi connectivity index (χ1v) is 6.18. The maximum absolute atomic E-state index is 11.9. The normalized spacial score (nSPS) is 10.2. The summed E-state index contributed by atoms with van der Waals surface area (Å²) in [5.41, 5.74) is -0.276. The molecular formula is C11H7BrClN3O3. The quantitative estimate of drug-likeness (QED) is 0.727. The molecule has 1 amide bonds. The number of aromatic amines is 1. The lowest BCUT2D eigenvalue weighted by atomic mass is 10.2. The van der Waals surface area contributed by atoms with Crippen molar-refractivity contribution in [2.75, 3.05) is 5.32 Å². The van der Waals surface area contributed by atoms with E-state index in [1.54, 1.807) is 6.07 Å². The maximum Gasteiger partial charge on any atom is 0.256 e. The SMILES string of the molecule is O=C(Nc1cc(Br)cnc1Cl)c1cc(O)[nH]c(=O)c1. The van der Waals surface area contributed by atoms with E-state index in [4.69, 9.17) is 11.6 Å². The van der Waals surface area contributed by atoms with Crippen molar-refractivity contribution in [1.29, 1.82) is 0 Å². The third-order valence-corrected chi connectivity index (χ3v) is 2.88. The summed E-state index contributed by atoms with van der Waals surface area (Å²) in [6.45, 7) is 0. The van der Waals surface area contributed by atoms with Crippen LogP contribution in [0.1, 0.15) is 10.4 Å². The second kappa shape index (κ2) is 5.41. The highest BCUT2D eigenvalue weighted by Crippen LogP contribution is 2.23. The topological polar surface area (TPSA) is 95.1 Å². The molecule has 2 aromatic rings. The van der Waals surface area contributed by atoms with Crippen LogP contribution in [-0.4, -0.2) is 21.0 Å². The van der Waals surface area contributed by atoms with E-state index in [2.05, 4.69) is 31.2 Å². The van der Waals surface area contributed by atoms with Gasteiger partial charge in [0.25, 0.3) is 11.5 Å². The van der Waals surface area contributed by atoms with E-state index in [1.807, 2.05) is 0 Å². The molecule has 0 bridgehead atoms. The zero-order valence-corrected chi connectivity index (χ0v) is 11.6. The third kappa shape index (κ3) is 3.33. The minimum atomic E-state index is -0.580. The van der Waals surface area contributed by atoms with E-state index in [0.717, 1.165) is 12.1 Å². The summed E-state index contributed by atoms with van der Waals surface area (Å²) in [4.78, 5) is 29.0. The van der Waals surface area contributed by atoms with E-state index in [9.17, 15) is 14.7 Å². The Morgan fingerprint density at radius 2 is 2.16 bits per heavy atom. The van der Waals surface area contributed by atoms with Crippen LogP contribution in [-0.2, 0) is 0 Å². The fourth-order valence-corrected chi connectivity index (χ4v) is 1.85. The first-order valence-electron chi connectivity index (χ1n) is 5.01. The largest absolute Gasteiger partial charge is 0.494 e. The van der Waals surface area contributed by atoms with Gasteiger partial charge in [0.2, 0.25) is 0 Å². The van der Waals surface area contributed by atoms with Gasteiger partial charge in [0.15, 0.2) is 11.0 Å². The van der Waals surface area contributed by atoms with Crippen molar-refractivity contribution >= 4 is 39.1 Å². The summed E-state index contributed by atoms with van der Waals surface area (Å²) in [7, 11) is 0. The van der Waals surface area contributed by atoms with Crippen molar-refractivity contribution in [2.24, 2.45) is 0 Å². The lowest BCUT2D eigenvalue weighted by Crippen LogP contribution is -2.16. The van der Waals surface area contributed by atoms with Crippen LogP contribution in [0.3, 0.4) is 0 Å². The highest BCUT2D eigenvalue weighted by molar-refractivity contribution is 9.10. The second-order valence-electron chi connectivity index (χ2n) is 3.56. The van der Waals surface area contributed by atoms with Crippen LogP contribution in [0.25, 0.3) is 0 Å². The molecule has 98 valence electrons. The minimum absolute atomic E-state index is 0.0114. The molecule has 0 radical (unpaired) electrons. The standard InChI is InChI=1S/C11H7BrClN3O3/c12-6-3-7(10(13)14-4-6)15-11(19)5-1-8(17)16-9(18)2-5/h1-4H,(H,15,19)(H2,16,17,18). The molecule has 6 nitrogen and oxygen atoms in total. The van der Waals surface area contributed by atoms with Crippen molar-refractivity contribution in [1.82, 2.24) is 9.97 Å². The van der Waals surface area contributed by atoms with Crippen LogP contribution in [0.4, 0.5) is 5.69 Å². The smallest absolute Gasteiger partial charge is 0.256 e. The number of nitrogens with one attached hydrogen (secondary N) is 2. The number of aromatic hydroxyl groups is 1. The van der Waals surface area contributed by atoms with Gasteiger partial charge in [-0.3, -0.25) is 14.6 Å². The number of carbonyl (C=O) groups is 1. The van der Waals surface area contributed by atoms with Crippen LogP contribution >= 0.6 is 27.5 Å². The number of carbonyl (C=O) groups excluding carboxylic acids is 1. The van der Waals surface area contributed by atoms with Crippen molar-refractivity contribution in [2.45, 2.75) is 0 Å². The Hall–Kier alpha value is -1.86. The predicted octanol–water partition coefficient (Wildman–Crippen LogP) is 2.14. The van der Waals surface area contributed by atoms with Gasteiger partial charge < -0.3 is 10.4 Å². The predicted molar refractivity (Wildman–Crippen MR) is 73.6 cm³/mol. The molecule has 8 heteroatoms. The van der Waals surface area contributed by atoms with Crippen LogP contribution in [0.2, 0.25) is 5.15 Å². The first-order chi connectivity index (χ1) is 8.95. The van der Waals surface area contributed by atoms with Gasteiger partial charge in [-0.25, -0.2) is 4.98 Å². The fraction of sp³-hybridized carbons (Fsp3) is 0. The average molecular weight is 345 g/mol. The zero-order chi connectivity index (χ0) is 14.0. The highest BCUT2D eigenvalue weighted by Gasteiger charge is 2.11. The van der Waals surface area contributed by atoms with Crippen molar-refractivity contribution in [3.63, 3.8) is 0 Å². The monoisotopic (exact) mass is 343 g/mol. The van der Waals surface area contributed by atoms with E-state index >= 15 is 0 Å². The van der Waals surface area contributed by atoms with Crippen molar-refractivity contribution < 1.29 is 9.90 Å². The number of nitrogens with zero attached hydrogens (tertiary/aromatic N) is 1. The van der Waals surface area contributed by atoms with E-state index < -0.39 is 17.3 Å². The number of H-pyrrole nitrogens is 1. The Bertz CT molecular complexity index is 702. The molecule has 0 unspecified atom stereocenters. The van der Waals surface area contributed by atoms with Gasteiger partial charge in [-0.05, 0) is 22.0 Å². The van der Waals surface area contributed by atoms with Gasteiger partial charge in [0.05, 0.1) is 11.3 Å². The molecule has 3 N–H and O–H groups in total. The number of hydrogen-bond donors (Lipinski definition) is 3. The Kier molecular flexibility index (Phi) is 3.87. The zero-order valence-electron chi connectivity index (χ0n) is 9.28. The van der Waals surface area contributed by atoms with Gasteiger partial charge in [0.1, 0.15) is 0 Å². The van der Waals surface area contributed by atoms with Gasteiger partial charge in [-0.1, -0.05) is 11.6 Å². The highest BCUT2D eigenvalue weighted by atomic mass is 79.9. The van der Waals surface area contributed by atoms with Crippen LogP contribution < -0.4 is 10.9 Å². The van der Waals surface area contributed by atoms with E-state index in [-0.39, 0.29) is 10.7 Å². The maximum atomic E-state index is 11.9. The molecular weight excluding hydrogens is 337 g/mol. The lowest BCUT2D eigenvalue weighted by molar-refractivity contribution is 0.102. The second-order valence-corrected chi connectivity index (χ2v) is 4.84. The molecule has 0 saturated carbocycles. The van der Waals surface area contributed by atoms with Crippen molar-refractivity contribution in [3.8, 4) is 5.88 Å². The summed E-state index contributed by atoms with van der Waals surface area (Å²) in [5, 5.41) is 11.8. The molecule has 0 atom stereocenters. The molecule has 2 aromatic heterocycles. The summed E-state index contributed by atoms with van der Waals surface area (Å²) in [6.07, 6.45) is 1.48. The number of anilines is 1.